The molecule has 30 heavy (non-hydrogen) atoms. The zero-order valence-corrected chi connectivity index (χ0v) is 18.2. The Kier molecular flexibility index (Phi) is 5.95. The number of likely N-dealkylation sites (tertiary alicyclic amines) is 1. The van der Waals surface area contributed by atoms with Gasteiger partial charge in [-0.1, -0.05) is 6.07 Å². The van der Waals surface area contributed by atoms with Crippen LogP contribution in [-0.2, 0) is 14.8 Å². The van der Waals surface area contributed by atoms with Crippen LogP contribution >= 0.6 is 11.3 Å². The third kappa shape index (κ3) is 4.01. The highest BCUT2D eigenvalue weighted by Crippen LogP contribution is 2.37. The Hall–Kier alpha value is -2.23. The topological polar surface area (TPSA) is 101 Å². The van der Waals surface area contributed by atoms with Crippen molar-refractivity contribution in [3.8, 4) is 0 Å². The van der Waals surface area contributed by atoms with Crippen molar-refractivity contribution < 1.29 is 18.0 Å². The lowest BCUT2D eigenvalue weighted by Crippen LogP contribution is -2.44. The summed E-state index contributed by atoms with van der Waals surface area (Å²) >= 11 is 1.68. The van der Waals surface area contributed by atoms with Crippen molar-refractivity contribution in [2.45, 2.75) is 36.6 Å². The van der Waals surface area contributed by atoms with E-state index in [4.69, 9.17) is 5.73 Å². The third-order valence-electron chi connectivity index (χ3n) is 5.99. The van der Waals surface area contributed by atoms with Gasteiger partial charge >= 0.3 is 0 Å². The van der Waals surface area contributed by atoms with Gasteiger partial charge in [-0.3, -0.25) is 9.59 Å². The number of carbonyl (C=O) groups excluding carboxylic acids is 2. The molecule has 0 aliphatic carbocycles. The predicted molar refractivity (Wildman–Crippen MR) is 114 cm³/mol. The number of hydrogen-bond donors (Lipinski definition) is 1. The van der Waals surface area contributed by atoms with E-state index >= 15 is 0 Å². The van der Waals surface area contributed by atoms with Gasteiger partial charge in [0.1, 0.15) is 0 Å². The van der Waals surface area contributed by atoms with Crippen molar-refractivity contribution >= 4 is 33.2 Å². The summed E-state index contributed by atoms with van der Waals surface area (Å²) < 4.78 is 27.3. The van der Waals surface area contributed by atoms with Gasteiger partial charge in [0.05, 0.1) is 10.9 Å². The minimum atomic E-state index is -3.66. The minimum Gasteiger partial charge on any atom is -0.366 e. The number of nitrogens with zero attached hydrogens (tertiary/aromatic N) is 2. The van der Waals surface area contributed by atoms with Gasteiger partial charge in [-0.15, -0.1) is 11.3 Å². The SMILES string of the molecule is NC(=O)c1ccc(S(=O)(=O)N2CCC(C(=O)N3CCCC3c3cccs3)CC2)cc1. The monoisotopic (exact) mass is 447 g/mol. The van der Waals surface area contributed by atoms with Crippen LogP contribution in [0.15, 0.2) is 46.7 Å². The maximum absolute atomic E-state index is 13.2. The molecule has 7 nitrogen and oxygen atoms in total. The molecule has 0 spiro atoms. The summed E-state index contributed by atoms with van der Waals surface area (Å²) in [7, 11) is -3.66. The lowest BCUT2D eigenvalue weighted by atomic mass is 9.96. The van der Waals surface area contributed by atoms with Crippen molar-refractivity contribution in [1.82, 2.24) is 9.21 Å². The Bertz CT molecular complexity index is 1010. The lowest BCUT2D eigenvalue weighted by Gasteiger charge is -2.34. The second-order valence-electron chi connectivity index (χ2n) is 7.77. The van der Waals surface area contributed by atoms with Crippen LogP contribution in [0.2, 0.25) is 0 Å². The number of rotatable bonds is 5. The van der Waals surface area contributed by atoms with Crippen LogP contribution in [0.25, 0.3) is 0 Å². The van der Waals surface area contributed by atoms with Crippen LogP contribution in [0.4, 0.5) is 0 Å². The normalized spacial score (nSPS) is 21.1. The van der Waals surface area contributed by atoms with Crippen LogP contribution in [0.3, 0.4) is 0 Å². The van der Waals surface area contributed by atoms with Gasteiger partial charge in [-0.05, 0) is 61.4 Å². The molecule has 160 valence electrons. The number of piperidine rings is 1. The van der Waals surface area contributed by atoms with Crippen LogP contribution < -0.4 is 5.73 Å². The molecule has 2 aliphatic heterocycles. The first kappa shape index (κ1) is 21.0. The molecule has 2 N–H and O–H groups in total. The van der Waals surface area contributed by atoms with E-state index in [2.05, 4.69) is 6.07 Å². The molecule has 0 saturated carbocycles. The highest BCUT2D eigenvalue weighted by atomic mass is 32.2. The minimum absolute atomic E-state index is 0.134. The number of nitrogens with two attached hydrogens (primary N) is 1. The lowest BCUT2D eigenvalue weighted by molar-refractivity contribution is -0.137. The summed E-state index contributed by atoms with van der Waals surface area (Å²) in [6.45, 7) is 1.40. The van der Waals surface area contributed by atoms with Crippen molar-refractivity contribution in [2.75, 3.05) is 19.6 Å². The second-order valence-corrected chi connectivity index (χ2v) is 10.7. The summed E-state index contributed by atoms with van der Waals surface area (Å²) in [4.78, 5) is 27.7. The number of primary amides is 1. The van der Waals surface area contributed by atoms with Gasteiger partial charge < -0.3 is 10.6 Å². The van der Waals surface area contributed by atoms with Crippen LogP contribution in [0, 0.1) is 5.92 Å². The van der Waals surface area contributed by atoms with Crippen LogP contribution in [-0.4, -0.2) is 49.1 Å². The summed E-state index contributed by atoms with van der Waals surface area (Å²) in [5, 5.41) is 2.04. The zero-order valence-electron chi connectivity index (χ0n) is 16.6. The average Bonchev–Trinajstić information content (AvgIpc) is 3.45. The van der Waals surface area contributed by atoms with Crippen molar-refractivity contribution in [2.24, 2.45) is 11.7 Å². The van der Waals surface area contributed by atoms with Crippen molar-refractivity contribution in [3.63, 3.8) is 0 Å². The molecule has 2 saturated heterocycles. The molecule has 0 bridgehead atoms. The molecule has 2 aliphatic rings. The molecule has 2 fully saturated rings. The molecule has 3 heterocycles. The number of carbonyl (C=O) groups is 2. The van der Waals surface area contributed by atoms with Gasteiger partial charge in [0, 0.05) is 36.0 Å². The van der Waals surface area contributed by atoms with E-state index in [-0.39, 0.29) is 28.3 Å². The Morgan fingerprint density at radius 2 is 1.70 bits per heavy atom. The van der Waals surface area contributed by atoms with E-state index < -0.39 is 15.9 Å². The van der Waals surface area contributed by atoms with E-state index in [1.807, 2.05) is 16.3 Å². The molecular weight excluding hydrogens is 422 g/mol. The van der Waals surface area contributed by atoms with E-state index in [0.717, 1.165) is 19.4 Å². The van der Waals surface area contributed by atoms with E-state index in [1.54, 1.807) is 11.3 Å². The molecule has 1 atom stereocenters. The van der Waals surface area contributed by atoms with Gasteiger partial charge in [0.2, 0.25) is 21.8 Å². The first-order valence-electron chi connectivity index (χ1n) is 10.1. The van der Waals surface area contributed by atoms with Crippen LogP contribution in [0.5, 0.6) is 0 Å². The molecule has 1 aromatic carbocycles. The molecule has 2 aromatic rings. The molecule has 1 aromatic heterocycles. The van der Waals surface area contributed by atoms with Crippen LogP contribution in [0.1, 0.15) is 47.0 Å². The smallest absolute Gasteiger partial charge is 0.248 e. The second kappa shape index (κ2) is 8.49. The summed E-state index contributed by atoms with van der Waals surface area (Å²) in [6.07, 6.45) is 3.03. The van der Waals surface area contributed by atoms with Gasteiger partial charge in [0.25, 0.3) is 0 Å². The molecule has 0 radical (unpaired) electrons. The summed E-state index contributed by atoms with van der Waals surface area (Å²) in [6, 6.07) is 9.90. The molecule has 9 heteroatoms. The quantitative estimate of drug-likeness (QED) is 0.761. The number of hydrogen-bond acceptors (Lipinski definition) is 5. The van der Waals surface area contributed by atoms with Gasteiger partial charge in [0.15, 0.2) is 0 Å². The van der Waals surface area contributed by atoms with Crippen molar-refractivity contribution in [3.05, 3.63) is 52.2 Å². The highest BCUT2D eigenvalue weighted by molar-refractivity contribution is 7.89. The highest BCUT2D eigenvalue weighted by Gasteiger charge is 2.37. The number of thiophene rings is 1. The number of sulfonamides is 1. The predicted octanol–water partition coefficient (Wildman–Crippen LogP) is 2.61. The Morgan fingerprint density at radius 3 is 2.30 bits per heavy atom. The number of amides is 2. The first-order valence-corrected chi connectivity index (χ1v) is 12.4. The summed E-state index contributed by atoms with van der Waals surface area (Å²) in [5.41, 5.74) is 5.49. The maximum Gasteiger partial charge on any atom is 0.248 e. The van der Waals surface area contributed by atoms with Crippen molar-refractivity contribution in [1.29, 1.82) is 0 Å². The zero-order chi connectivity index (χ0) is 21.3. The standard InChI is InChI=1S/C21H25N3O4S2/c22-20(25)15-5-7-17(8-6-15)30(27,28)23-12-9-16(10-13-23)21(26)24-11-1-3-18(24)19-4-2-14-29-19/h2,4-8,14,16,18H,1,3,9-13H2,(H2,22,25). The third-order valence-corrected chi connectivity index (χ3v) is 8.87. The van der Waals surface area contributed by atoms with E-state index in [0.29, 0.717) is 25.9 Å². The largest absolute Gasteiger partial charge is 0.366 e. The fourth-order valence-electron chi connectivity index (χ4n) is 4.33. The maximum atomic E-state index is 13.2. The fourth-order valence-corrected chi connectivity index (χ4v) is 6.67. The summed E-state index contributed by atoms with van der Waals surface area (Å²) in [5.74, 6) is -0.593. The Balaban J connectivity index is 1.40. The van der Waals surface area contributed by atoms with E-state index in [1.165, 1.54) is 33.4 Å². The molecule has 4 rings (SSSR count). The fraction of sp³-hybridized carbons (Fsp3) is 0.429. The Labute approximate surface area is 180 Å². The number of benzene rings is 1. The van der Waals surface area contributed by atoms with Gasteiger partial charge in [-0.2, -0.15) is 4.31 Å². The molecule has 1 unspecified atom stereocenters. The molecule has 2 amide bonds. The average molecular weight is 448 g/mol. The van der Waals surface area contributed by atoms with E-state index in [9.17, 15) is 18.0 Å². The van der Waals surface area contributed by atoms with Gasteiger partial charge in [-0.25, -0.2) is 8.42 Å². The Morgan fingerprint density at radius 1 is 1.00 bits per heavy atom. The molecular formula is C21H25N3O4S2. The first-order chi connectivity index (χ1) is 14.4.